The predicted molar refractivity (Wildman–Crippen MR) is 68.5 cm³/mol. The van der Waals surface area contributed by atoms with Gasteiger partial charge >= 0.3 is 0 Å². The van der Waals surface area contributed by atoms with Gasteiger partial charge in [-0.25, -0.2) is 4.98 Å². The van der Waals surface area contributed by atoms with Crippen LogP contribution in [0.15, 0.2) is 12.4 Å². The van der Waals surface area contributed by atoms with Crippen LogP contribution in [-0.2, 0) is 11.3 Å². The number of nitrogens with zero attached hydrogens (tertiary/aromatic N) is 3. The van der Waals surface area contributed by atoms with E-state index in [1.165, 1.54) is 0 Å². The van der Waals surface area contributed by atoms with Crippen LogP contribution in [0, 0.1) is 0 Å². The summed E-state index contributed by atoms with van der Waals surface area (Å²) < 4.78 is 1.70. The largest absolute Gasteiger partial charge is 0.387 e. The van der Waals surface area contributed by atoms with Gasteiger partial charge in [-0.3, -0.25) is 4.79 Å². The van der Waals surface area contributed by atoms with E-state index in [0.717, 1.165) is 19.4 Å². The highest BCUT2D eigenvalue weighted by atomic mass is 32.1. The summed E-state index contributed by atoms with van der Waals surface area (Å²) in [7, 11) is 0. The molecule has 0 bridgehead atoms. The quantitative estimate of drug-likeness (QED) is 0.776. The number of aromatic nitrogens is 2. The molecular formula is C11H16N4OS. The average Bonchev–Trinajstić information content (AvgIpc) is 2.98. The van der Waals surface area contributed by atoms with Gasteiger partial charge in [-0.2, -0.15) is 0 Å². The van der Waals surface area contributed by atoms with Crippen LogP contribution in [0.2, 0.25) is 0 Å². The summed E-state index contributed by atoms with van der Waals surface area (Å²) in [6, 6.07) is 0.435. The van der Waals surface area contributed by atoms with Gasteiger partial charge in [0.25, 0.3) is 0 Å². The van der Waals surface area contributed by atoms with Crippen LogP contribution < -0.4 is 5.73 Å². The summed E-state index contributed by atoms with van der Waals surface area (Å²) >= 11 is 4.88. The predicted octanol–water partition coefficient (Wildman–Crippen LogP) is 0.528. The summed E-state index contributed by atoms with van der Waals surface area (Å²) in [6.45, 7) is 3.01. The monoisotopic (exact) mass is 252 g/mol. The lowest BCUT2D eigenvalue weighted by molar-refractivity contribution is -0.132. The van der Waals surface area contributed by atoms with Gasteiger partial charge in [-0.15, -0.1) is 0 Å². The zero-order chi connectivity index (χ0) is 12.4. The third-order valence-electron chi connectivity index (χ3n) is 2.89. The summed E-state index contributed by atoms with van der Waals surface area (Å²) in [5.74, 6) is 0.603. The molecule has 0 aromatic carbocycles. The Morgan fingerprint density at radius 3 is 2.94 bits per heavy atom. The summed E-state index contributed by atoms with van der Waals surface area (Å²) in [5.41, 5.74) is 5.54. The summed E-state index contributed by atoms with van der Waals surface area (Å²) in [4.78, 5) is 18.3. The Morgan fingerprint density at radius 1 is 1.71 bits per heavy atom. The van der Waals surface area contributed by atoms with Gasteiger partial charge in [0.15, 0.2) is 5.82 Å². The molecule has 92 valence electrons. The number of carbonyl (C=O) groups excluding carboxylic acids is 1. The summed E-state index contributed by atoms with van der Waals surface area (Å²) in [5, 5.41) is 0. The molecule has 6 heteroatoms. The van der Waals surface area contributed by atoms with Crippen LogP contribution in [0.5, 0.6) is 0 Å². The highest BCUT2D eigenvalue weighted by Crippen LogP contribution is 2.26. The van der Waals surface area contributed by atoms with Crippen molar-refractivity contribution in [3.05, 3.63) is 18.2 Å². The van der Waals surface area contributed by atoms with Crippen molar-refractivity contribution < 1.29 is 4.79 Å². The van der Waals surface area contributed by atoms with Crippen molar-refractivity contribution in [2.24, 2.45) is 5.73 Å². The second-order valence-corrected chi connectivity index (χ2v) is 4.59. The fraction of sp³-hybridized carbons (Fsp3) is 0.545. The van der Waals surface area contributed by atoms with Crippen LogP contribution in [0.4, 0.5) is 0 Å². The first-order valence-electron chi connectivity index (χ1n) is 5.74. The maximum Gasteiger partial charge on any atom is 0.242 e. The van der Waals surface area contributed by atoms with Gasteiger partial charge in [0.1, 0.15) is 11.5 Å². The van der Waals surface area contributed by atoms with Crippen molar-refractivity contribution in [1.82, 2.24) is 14.5 Å². The van der Waals surface area contributed by atoms with E-state index in [4.69, 9.17) is 18.0 Å². The third-order valence-corrected chi connectivity index (χ3v) is 3.07. The van der Waals surface area contributed by atoms with Gasteiger partial charge in [-0.05, 0) is 19.8 Å². The van der Waals surface area contributed by atoms with Gasteiger partial charge in [0, 0.05) is 25.0 Å². The minimum absolute atomic E-state index is 0.102. The second-order valence-electron chi connectivity index (χ2n) is 4.15. The van der Waals surface area contributed by atoms with E-state index in [9.17, 15) is 4.79 Å². The van der Waals surface area contributed by atoms with Crippen molar-refractivity contribution in [2.75, 3.05) is 6.54 Å². The number of nitrogens with two attached hydrogens (primary N) is 1. The smallest absolute Gasteiger partial charge is 0.242 e. The maximum absolute atomic E-state index is 12.1. The minimum Gasteiger partial charge on any atom is -0.387 e. The number of hydrogen-bond acceptors (Lipinski definition) is 3. The Morgan fingerprint density at radius 2 is 2.41 bits per heavy atom. The van der Waals surface area contributed by atoms with Crippen molar-refractivity contribution in [3.63, 3.8) is 0 Å². The van der Waals surface area contributed by atoms with E-state index < -0.39 is 0 Å². The van der Waals surface area contributed by atoms with Crippen molar-refractivity contribution in [2.45, 2.75) is 32.4 Å². The molecular weight excluding hydrogens is 236 g/mol. The zero-order valence-corrected chi connectivity index (χ0v) is 10.6. The number of rotatable bonds is 5. The van der Waals surface area contributed by atoms with Crippen LogP contribution in [0.3, 0.4) is 0 Å². The Kier molecular flexibility index (Phi) is 3.42. The van der Waals surface area contributed by atoms with Crippen molar-refractivity contribution in [3.8, 4) is 0 Å². The van der Waals surface area contributed by atoms with E-state index in [1.54, 1.807) is 17.0 Å². The molecule has 1 aliphatic carbocycles. The third kappa shape index (κ3) is 2.63. The Balaban J connectivity index is 2.06. The fourth-order valence-corrected chi connectivity index (χ4v) is 2.09. The highest BCUT2D eigenvalue weighted by Gasteiger charge is 2.31. The van der Waals surface area contributed by atoms with E-state index in [2.05, 4.69) is 4.98 Å². The van der Waals surface area contributed by atoms with Gasteiger partial charge in [0.05, 0.1) is 0 Å². The van der Waals surface area contributed by atoms with Crippen LogP contribution >= 0.6 is 12.2 Å². The standard InChI is InChI=1S/C11H16N4OS/c1-2-15(8-3-4-8)9(16)7-14-6-5-13-11(14)10(12)17/h5-6,8H,2-4,7H2,1H3,(H2,12,17). The molecule has 5 nitrogen and oxygen atoms in total. The molecule has 0 spiro atoms. The molecule has 1 saturated carbocycles. The lowest BCUT2D eigenvalue weighted by atomic mass is 10.4. The van der Waals surface area contributed by atoms with Gasteiger partial charge in [-0.1, -0.05) is 12.2 Å². The minimum atomic E-state index is 0.102. The number of hydrogen-bond donors (Lipinski definition) is 1. The molecule has 2 rings (SSSR count). The van der Waals surface area contributed by atoms with Crippen LogP contribution in [0.1, 0.15) is 25.6 Å². The molecule has 1 heterocycles. The first-order chi connectivity index (χ1) is 8.13. The highest BCUT2D eigenvalue weighted by molar-refractivity contribution is 7.80. The number of carbonyl (C=O) groups is 1. The van der Waals surface area contributed by atoms with Crippen molar-refractivity contribution in [1.29, 1.82) is 0 Å². The molecule has 0 aliphatic heterocycles. The van der Waals surface area contributed by atoms with Gasteiger partial charge < -0.3 is 15.2 Å². The SMILES string of the molecule is CCN(C(=O)Cn1ccnc1C(N)=S)C1CC1. The Labute approximate surface area is 106 Å². The average molecular weight is 252 g/mol. The first-order valence-corrected chi connectivity index (χ1v) is 6.14. The van der Waals surface area contributed by atoms with Gasteiger partial charge in [0.2, 0.25) is 5.91 Å². The Hall–Kier alpha value is -1.43. The fourth-order valence-electron chi connectivity index (χ4n) is 1.92. The second kappa shape index (κ2) is 4.83. The first kappa shape index (κ1) is 12.0. The summed E-state index contributed by atoms with van der Waals surface area (Å²) in [6.07, 6.45) is 5.57. The van der Waals surface area contributed by atoms with E-state index in [-0.39, 0.29) is 17.4 Å². The van der Waals surface area contributed by atoms with E-state index in [1.807, 2.05) is 11.8 Å². The number of imidazole rings is 1. The van der Waals surface area contributed by atoms with Crippen LogP contribution in [-0.4, -0.2) is 37.9 Å². The number of thiocarbonyl (C=S) groups is 1. The molecule has 1 aromatic rings. The molecule has 1 aliphatic rings. The molecule has 0 saturated heterocycles. The molecule has 2 N–H and O–H groups in total. The number of amides is 1. The molecule has 0 atom stereocenters. The Bertz CT molecular complexity index is 438. The number of likely N-dealkylation sites (N-methyl/N-ethyl adjacent to an activating group) is 1. The molecule has 17 heavy (non-hydrogen) atoms. The van der Waals surface area contributed by atoms with Crippen LogP contribution in [0.25, 0.3) is 0 Å². The van der Waals surface area contributed by atoms with Crippen molar-refractivity contribution >= 4 is 23.1 Å². The normalized spacial score (nSPS) is 14.6. The topological polar surface area (TPSA) is 64.2 Å². The molecule has 1 aromatic heterocycles. The lowest BCUT2D eigenvalue weighted by Gasteiger charge is -2.20. The van der Waals surface area contributed by atoms with E-state index >= 15 is 0 Å². The lowest BCUT2D eigenvalue weighted by Crippen LogP contribution is -2.36. The maximum atomic E-state index is 12.1. The molecule has 0 radical (unpaired) electrons. The molecule has 1 fully saturated rings. The zero-order valence-electron chi connectivity index (χ0n) is 9.80. The molecule has 1 amide bonds. The molecule has 0 unspecified atom stereocenters. The van der Waals surface area contributed by atoms with E-state index in [0.29, 0.717) is 11.9 Å².